The molecule has 1 heterocycles. The van der Waals surface area contributed by atoms with Crippen molar-refractivity contribution in [2.45, 2.75) is 0 Å². The van der Waals surface area contributed by atoms with E-state index in [9.17, 15) is 9.59 Å². The van der Waals surface area contributed by atoms with Crippen LogP contribution in [0.5, 0.6) is 0 Å². The molecule has 1 rings (SSSR count). The largest absolute Gasteiger partial charge is 0.489 e. The van der Waals surface area contributed by atoms with Crippen LogP contribution in [0.1, 0.15) is 0 Å². The summed E-state index contributed by atoms with van der Waals surface area (Å²) in [7, 11) is 0. The minimum Gasteiger partial charge on any atom is -0.390 e. The van der Waals surface area contributed by atoms with E-state index in [-0.39, 0.29) is 5.02 Å². The van der Waals surface area contributed by atoms with Crippen LogP contribution in [0.25, 0.3) is 5.53 Å². The second-order valence-corrected chi connectivity index (χ2v) is 1.12. The van der Waals surface area contributed by atoms with Gasteiger partial charge in [0.2, 0.25) is 0 Å². The van der Waals surface area contributed by atoms with Crippen molar-refractivity contribution in [1.82, 2.24) is 5.32 Å². The van der Waals surface area contributed by atoms with Gasteiger partial charge in [0.25, 0.3) is 0 Å². The molecule has 7 heteroatoms. The summed E-state index contributed by atoms with van der Waals surface area (Å²) in [5.74, 6) is 0. The summed E-state index contributed by atoms with van der Waals surface area (Å²) in [6.45, 7) is 0. The standard InChI is InChI=1S/C2HN3O4/c3-5-8-1(6)4-2(7)9-5/h(H,4,6,7). The van der Waals surface area contributed by atoms with Gasteiger partial charge in [0.15, 0.2) is 0 Å². The van der Waals surface area contributed by atoms with Gasteiger partial charge in [-0.05, 0) is 0 Å². The number of hydrogen-bond donors (Lipinski definition) is 1. The molecule has 0 aromatic carbocycles. The first-order chi connectivity index (χ1) is 4.18. The highest BCUT2D eigenvalue weighted by molar-refractivity contribution is 5.87. The first-order valence-corrected chi connectivity index (χ1v) is 1.88. The van der Waals surface area contributed by atoms with Gasteiger partial charge in [0.1, 0.15) is 5.02 Å². The number of hydrogen-bond acceptors (Lipinski definition) is 4. The highest BCUT2D eigenvalue weighted by Crippen LogP contribution is 1.91. The molecule has 48 valence electrons. The van der Waals surface area contributed by atoms with Crippen molar-refractivity contribution >= 4 is 12.2 Å². The Balaban J connectivity index is 2.64. The minimum absolute atomic E-state index is 0.332. The Kier molecular flexibility index (Phi) is 1.03. The van der Waals surface area contributed by atoms with Crippen LogP contribution in [-0.2, 0) is 9.68 Å². The molecular formula is C2HN3O4. The molecule has 1 aliphatic rings. The number of carbonyl (C=O) groups is 2. The Morgan fingerprint density at radius 1 is 1.33 bits per heavy atom. The lowest BCUT2D eigenvalue weighted by Gasteiger charge is -2.04. The van der Waals surface area contributed by atoms with Crippen molar-refractivity contribution in [1.29, 1.82) is 0 Å². The number of rotatable bonds is 0. The third kappa shape index (κ3) is 1.12. The minimum atomic E-state index is -1.09. The molecular weight excluding hydrogens is 130 g/mol. The zero-order valence-electron chi connectivity index (χ0n) is 4.03. The van der Waals surface area contributed by atoms with Gasteiger partial charge in [0.05, 0.1) is 0 Å². The zero-order valence-corrected chi connectivity index (χ0v) is 4.03. The van der Waals surface area contributed by atoms with Crippen LogP contribution in [0.3, 0.4) is 0 Å². The van der Waals surface area contributed by atoms with Crippen LogP contribution in [0, 0.1) is 0 Å². The van der Waals surface area contributed by atoms with Gasteiger partial charge in [-0.2, -0.15) is 0 Å². The van der Waals surface area contributed by atoms with Crippen molar-refractivity contribution in [2.24, 2.45) is 0 Å². The molecule has 0 aromatic rings. The van der Waals surface area contributed by atoms with E-state index in [0.29, 0.717) is 0 Å². The Bertz CT molecular complexity index is 141. The molecule has 1 aliphatic heterocycles. The predicted molar refractivity (Wildman–Crippen MR) is 19.7 cm³/mol. The summed E-state index contributed by atoms with van der Waals surface area (Å²) in [6, 6.07) is 0. The lowest BCUT2D eigenvalue weighted by atomic mass is 11.0. The summed E-state index contributed by atoms with van der Waals surface area (Å²) in [5, 5.41) is 1.25. The van der Waals surface area contributed by atoms with Gasteiger partial charge in [-0.15, -0.1) is 9.68 Å². The molecule has 2 amide bonds. The number of carbonyl (C=O) groups excluding carboxylic acids is 2. The lowest BCUT2D eigenvalue weighted by Crippen LogP contribution is -2.41. The molecule has 0 saturated carbocycles. The fourth-order valence-corrected chi connectivity index (χ4v) is 0.289. The molecule has 0 radical (unpaired) electrons. The Hall–Kier alpha value is -1.66. The van der Waals surface area contributed by atoms with Gasteiger partial charge in [-0.3, -0.25) is 0 Å². The molecule has 9 heavy (non-hydrogen) atoms. The summed E-state index contributed by atoms with van der Waals surface area (Å²) in [4.78, 5) is 27.6. The number of amides is 2. The van der Waals surface area contributed by atoms with Crippen LogP contribution in [0.2, 0.25) is 0 Å². The van der Waals surface area contributed by atoms with Crippen molar-refractivity contribution < 1.29 is 24.3 Å². The van der Waals surface area contributed by atoms with Crippen LogP contribution in [-0.4, -0.2) is 17.2 Å². The maximum absolute atomic E-state index is 10.0. The zero-order chi connectivity index (χ0) is 6.85. The third-order valence-corrected chi connectivity index (χ3v) is 0.526. The first-order valence-electron chi connectivity index (χ1n) is 1.88. The van der Waals surface area contributed by atoms with E-state index < -0.39 is 12.2 Å². The normalized spacial score (nSPS) is 18.0. The monoisotopic (exact) mass is 131 g/mol. The van der Waals surface area contributed by atoms with Crippen LogP contribution < -0.4 is 5.32 Å². The molecule has 0 aliphatic carbocycles. The summed E-state index contributed by atoms with van der Waals surface area (Å²) in [5.41, 5.74) is 8.16. The van der Waals surface area contributed by atoms with E-state index >= 15 is 0 Å². The smallest absolute Gasteiger partial charge is 0.390 e. The molecule has 7 nitrogen and oxygen atoms in total. The van der Waals surface area contributed by atoms with E-state index in [1.165, 1.54) is 0 Å². The Morgan fingerprint density at radius 3 is 2.11 bits per heavy atom. The van der Waals surface area contributed by atoms with Crippen molar-refractivity contribution in [3.05, 3.63) is 5.53 Å². The van der Waals surface area contributed by atoms with E-state index in [0.717, 1.165) is 0 Å². The lowest BCUT2D eigenvalue weighted by molar-refractivity contribution is -0.947. The average molecular weight is 131 g/mol. The van der Waals surface area contributed by atoms with Crippen LogP contribution in [0.15, 0.2) is 0 Å². The molecule has 0 atom stereocenters. The molecule has 0 unspecified atom stereocenters. The fraction of sp³-hybridized carbons (Fsp3) is 0. The van der Waals surface area contributed by atoms with Crippen molar-refractivity contribution in [2.75, 3.05) is 0 Å². The Morgan fingerprint density at radius 2 is 1.78 bits per heavy atom. The number of imide groups is 1. The quantitative estimate of drug-likeness (QED) is 0.489. The number of nitrogens with one attached hydrogen (secondary N) is 1. The fourth-order valence-electron chi connectivity index (χ4n) is 0.289. The molecule has 0 spiro atoms. The number of nitrogens with zero attached hydrogens (tertiary/aromatic N) is 2. The van der Waals surface area contributed by atoms with E-state index in [4.69, 9.17) is 5.53 Å². The molecule has 1 N–H and O–H groups in total. The molecule has 0 aromatic heterocycles. The van der Waals surface area contributed by atoms with Gasteiger partial charge in [-0.1, -0.05) is 0 Å². The summed E-state index contributed by atoms with van der Waals surface area (Å²) < 4.78 is 0. The van der Waals surface area contributed by atoms with Crippen molar-refractivity contribution in [3.63, 3.8) is 0 Å². The SMILES string of the molecule is [N-]=[N+]1OC(=O)NC(=O)O1. The van der Waals surface area contributed by atoms with Gasteiger partial charge >= 0.3 is 12.2 Å². The van der Waals surface area contributed by atoms with E-state index in [2.05, 4.69) is 9.68 Å². The predicted octanol–water partition coefficient (Wildman–Crippen LogP) is -0.273. The topological polar surface area (TPSA) is 89.9 Å². The van der Waals surface area contributed by atoms with E-state index in [1.54, 1.807) is 5.32 Å². The average Bonchev–Trinajstić information content (AvgIpc) is 1.59. The van der Waals surface area contributed by atoms with Crippen LogP contribution in [0.4, 0.5) is 9.59 Å². The molecule has 1 fully saturated rings. The third-order valence-electron chi connectivity index (χ3n) is 0.526. The van der Waals surface area contributed by atoms with Crippen LogP contribution >= 0.6 is 0 Å². The maximum Gasteiger partial charge on any atom is 0.489 e. The van der Waals surface area contributed by atoms with E-state index in [1.807, 2.05) is 0 Å². The molecule has 1 saturated heterocycles. The second kappa shape index (κ2) is 1.69. The highest BCUT2D eigenvalue weighted by Gasteiger charge is 2.25. The van der Waals surface area contributed by atoms with Crippen molar-refractivity contribution in [3.8, 4) is 0 Å². The maximum atomic E-state index is 10.0. The first kappa shape index (κ1) is 5.48. The summed E-state index contributed by atoms with van der Waals surface area (Å²) in [6.07, 6.45) is -2.18. The highest BCUT2D eigenvalue weighted by atomic mass is 17.0. The van der Waals surface area contributed by atoms with Gasteiger partial charge in [0, 0.05) is 0 Å². The molecule has 0 bridgehead atoms. The Labute approximate surface area is 48.6 Å². The van der Waals surface area contributed by atoms with Gasteiger partial charge < -0.3 is 5.53 Å². The van der Waals surface area contributed by atoms with Gasteiger partial charge in [-0.25, -0.2) is 14.9 Å². The summed E-state index contributed by atoms with van der Waals surface area (Å²) >= 11 is 0. The second-order valence-electron chi connectivity index (χ2n) is 1.12.